The maximum atomic E-state index is 13.7. The number of thiazole rings is 1. The normalized spacial score (nSPS) is 20.5. The van der Waals surface area contributed by atoms with Gasteiger partial charge in [-0.2, -0.15) is 15.2 Å². The van der Waals surface area contributed by atoms with E-state index < -0.39 is 35.8 Å². The Hall–Kier alpha value is -6.57. The summed E-state index contributed by atoms with van der Waals surface area (Å²) >= 11 is 1.54. The van der Waals surface area contributed by atoms with Crippen LogP contribution in [0, 0.1) is 31.1 Å². The Kier molecular flexibility index (Phi) is 18.2. The second kappa shape index (κ2) is 25.9. The van der Waals surface area contributed by atoms with E-state index in [-0.39, 0.29) is 37.0 Å². The van der Waals surface area contributed by atoms with Gasteiger partial charge in [-0.15, -0.1) is 11.3 Å². The first-order valence-corrected chi connectivity index (χ1v) is 28.3. The van der Waals surface area contributed by atoms with Crippen molar-refractivity contribution in [3.63, 3.8) is 0 Å². The molecule has 4 aliphatic rings. The van der Waals surface area contributed by atoms with Crippen LogP contribution in [0.3, 0.4) is 0 Å². The molecule has 78 heavy (non-hydrogen) atoms. The molecule has 3 aromatic carbocycles. The zero-order chi connectivity index (χ0) is 54.0. The molecule has 2 amide bonds. The van der Waals surface area contributed by atoms with Crippen molar-refractivity contribution < 1.29 is 38.2 Å². The number of benzene rings is 3. The number of hydrogen-bond donors (Lipinski definition) is 5. The maximum Gasteiger partial charge on any atom is 0.318 e. The minimum atomic E-state index is -1.02. The Bertz CT molecular complexity index is 3040. The summed E-state index contributed by atoms with van der Waals surface area (Å²) in [5.41, 5.74) is 8.33. The Balaban J connectivity index is 0.702. The lowest BCUT2D eigenvalue weighted by molar-refractivity contribution is -0.133. The first kappa shape index (κ1) is 54.8. The fourth-order valence-electron chi connectivity index (χ4n) is 11.2. The summed E-state index contributed by atoms with van der Waals surface area (Å²) in [6.07, 6.45) is 3.54. The minimum Gasteiger partial charge on any atom is -0.491 e. The smallest absolute Gasteiger partial charge is 0.318 e. The molecule has 3 saturated heterocycles. The number of aryl methyl sites for hydroxylation is 2. The number of anilines is 2. The van der Waals surface area contributed by atoms with Crippen LogP contribution in [0.1, 0.15) is 78.9 Å². The van der Waals surface area contributed by atoms with Gasteiger partial charge in [0.25, 0.3) is 0 Å². The highest BCUT2D eigenvalue weighted by molar-refractivity contribution is 7.13. The van der Waals surface area contributed by atoms with Crippen molar-refractivity contribution in [2.75, 3.05) is 82.1 Å². The van der Waals surface area contributed by atoms with Crippen LogP contribution < -0.4 is 40.5 Å². The number of rotatable bonds is 23. The molecule has 0 aliphatic carbocycles. The third-order valence-corrected chi connectivity index (χ3v) is 16.4. The molecule has 7 atom stereocenters. The van der Waals surface area contributed by atoms with E-state index in [1.165, 1.54) is 16.5 Å². The van der Waals surface area contributed by atoms with E-state index in [0.29, 0.717) is 76.4 Å². The monoisotopic (exact) mass is 1080 g/mol. The van der Waals surface area contributed by atoms with Gasteiger partial charge < -0.3 is 54.3 Å². The maximum absolute atomic E-state index is 13.7. The number of aliphatic hydroxyl groups excluding tert-OH is 1. The van der Waals surface area contributed by atoms with Crippen LogP contribution in [0.5, 0.6) is 11.8 Å². The fourth-order valence-corrected chi connectivity index (χ4v) is 12.0. The average Bonchev–Trinajstić information content (AvgIpc) is 4.38. The number of ether oxygens (including phenoxy) is 4. The summed E-state index contributed by atoms with van der Waals surface area (Å²) in [5.74, 6) is -0.781. The van der Waals surface area contributed by atoms with Gasteiger partial charge in [-0.05, 0) is 81.1 Å². The van der Waals surface area contributed by atoms with Gasteiger partial charge in [0.2, 0.25) is 11.8 Å². The molecule has 0 saturated carbocycles. The molecule has 0 spiro atoms. The van der Waals surface area contributed by atoms with Crippen LogP contribution in [0.15, 0.2) is 76.8 Å². The number of carbonyl (C=O) groups excluding carboxylic acids is 2. The Morgan fingerprint density at radius 2 is 1.83 bits per heavy atom. The van der Waals surface area contributed by atoms with Gasteiger partial charge >= 0.3 is 6.01 Å². The highest BCUT2D eigenvalue weighted by Crippen LogP contribution is 2.37. The molecule has 4 aliphatic heterocycles. The SMILES string of the molecule is Cc1cc([C@@H](C(=O)NC(=O)[C@@H]2CCCN2)[C@H](C)[C@@H](O)Cc2ccc(-c3scnc3C)cc2OCCOCCO[C@H]2CN[C@@H](CCOc3nc4c(c(N5CCN[C@@H](CC#N)C5)n3)CCN(c3cccc5ccccc35)C4)C2)on1. The van der Waals surface area contributed by atoms with Crippen LogP contribution >= 0.6 is 11.3 Å². The number of nitriles is 1. The van der Waals surface area contributed by atoms with Crippen molar-refractivity contribution in [1.29, 1.82) is 5.26 Å². The van der Waals surface area contributed by atoms with Crippen LogP contribution in [0.4, 0.5) is 11.5 Å². The van der Waals surface area contributed by atoms with Crippen molar-refractivity contribution >= 4 is 45.4 Å². The number of carbonyl (C=O) groups is 2. The average molecular weight is 1080 g/mol. The molecule has 10 rings (SSSR count). The zero-order valence-corrected chi connectivity index (χ0v) is 45.6. The second-order valence-corrected chi connectivity index (χ2v) is 21.7. The largest absolute Gasteiger partial charge is 0.491 e. The number of piperazine rings is 1. The summed E-state index contributed by atoms with van der Waals surface area (Å²) in [6, 6.07) is 25.1. The number of amides is 2. The first-order chi connectivity index (χ1) is 38.1. The number of aromatic nitrogens is 4. The van der Waals surface area contributed by atoms with E-state index in [1.807, 2.05) is 30.6 Å². The van der Waals surface area contributed by atoms with Crippen LogP contribution in [0.2, 0.25) is 0 Å². The van der Waals surface area contributed by atoms with Crippen molar-refractivity contribution in [2.24, 2.45) is 5.92 Å². The second-order valence-electron chi connectivity index (χ2n) is 20.9. The first-order valence-electron chi connectivity index (χ1n) is 27.5. The topological polar surface area (TPSA) is 234 Å². The molecule has 0 unspecified atom stereocenters. The number of aliphatic hydroxyl groups is 1. The quantitative estimate of drug-likeness (QED) is 0.0467. The highest BCUT2D eigenvalue weighted by Gasteiger charge is 2.38. The zero-order valence-electron chi connectivity index (χ0n) is 44.7. The summed E-state index contributed by atoms with van der Waals surface area (Å²) in [5, 5.41) is 40.5. The standard InChI is InChI=1S/C58H71N11O8S/c1-36-28-52(77-67-36)53(57(72)66-56(71)47-11-7-19-61-47)37(2)50(70)29-40-13-14-41(54-38(3)63-35-78-54)30-51(40)75-27-25-73-24-26-74-44-31-42(62-32-44)17-23-76-58-64-48-34-68(49-12-6-9-39-8-4-5-10-45(39)49)21-16-46(48)55(65-58)69-22-20-60-43(33-69)15-18-59/h4-6,8-10,12-14,28,30,35,37,42-44,47,50,53,60-62,70H,7,11,15-17,19-27,29,31-34H2,1-3H3,(H,66,71,72)/t37-,42+,43+,44-,47+,50+,53+/m1/s1. The molecule has 0 radical (unpaired) electrons. The summed E-state index contributed by atoms with van der Waals surface area (Å²) < 4.78 is 30.6. The Morgan fingerprint density at radius 3 is 2.65 bits per heavy atom. The van der Waals surface area contributed by atoms with Gasteiger partial charge in [0.15, 0.2) is 0 Å². The van der Waals surface area contributed by atoms with Gasteiger partial charge in [0.05, 0.1) is 91.2 Å². The van der Waals surface area contributed by atoms with Gasteiger partial charge in [-0.1, -0.05) is 60.6 Å². The molecule has 5 N–H and O–H groups in total. The third-order valence-electron chi connectivity index (χ3n) is 15.5. The molecule has 0 bridgehead atoms. The molecule has 6 aromatic rings. The lowest BCUT2D eigenvalue weighted by atomic mass is 9.83. The molecule has 412 valence electrons. The summed E-state index contributed by atoms with van der Waals surface area (Å²) in [6.45, 7) is 12.6. The molecule has 20 heteroatoms. The van der Waals surface area contributed by atoms with Gasteiger partial charge in [-0.3, -0.25) is 14.9 Å². The van der Waals surface area contributed by atoms with Crippen LogP contribution in [0.25, 0.3) is 21.2 Å². The lowest BCUT2D eigenvalue weighted by Crippen LogP contribution is -2.51. The van der Waals surface area contributed by atoms with E-state index in [0.717, 1.165) is 90.6 Å². The fraction of sp³-hybridized carbons (Fsp3) is 0.500. The van der Waals surface area contributed by atoms with Gasteiger partial charge in [0.1, 0.15) is 29.9 Å². The van der Waals surface area contributed by atoms with Gasteiger partial charge in [0, 0.05) is 79.8 Å². The molecule has 19 nitrogen and oxygen atoms in total. The lowest BCUT2D eigenvalue weighted by Gasteiger charge is -2.37. The Labute approximate surface area is 459 Å². The molecule has 7 heterocycles. The predicted molar refractivity (Wildman–Crippen MR) is 297 cm³/mol. The predicted octanol–water partition coefficient (Wildman–Crippen LogP) is 5.94. The molecular weight excluding hydrogens is 1010 g/mol. The van der Waals surface area contributed by atoms with E-state index in [4.69, 9.17) is 33.4 Å². The van der Waals surface area contributed by atoms with Crippen LogP contribution in [-0.2, 0) is 38.4 Å². The van der Waals surface area contributed by atoms with Crippen molar-refractivity contribution in [3.05, 3.63) is 106 Å². The third kappa shape index (κ3) is 13.3. The minimum absolute atomic E-state index is 0.0356. The van der Waals surface area contributed by atoms with E-state index in [2.05, 4.69) is 89.7 Å². The molecular formula is C58H71N11O8S. The van der Waals surface area contributed by atoms with Gasteiger partial charge in [-0.25, -0.2) is 4.98 Å². The van der Waals surface area contributed by atoms with E-state index in [1.54, 1.807) is 31.3 Å². The van der Waals surface area contributed by atoms with Crippen molar-refractivity contribution in [2.45, 2.75) is 109 Å². The highest BCUT2D eigenvalue weighted by atomic mass is 32.1. The van der Waals surface area contributed by atoms with E-state index >= 15 is 0 Å². The molecule has 3 aromatic heterocycles. The number of fused-ring (bicyclic) bond motifs is 2. The number of nitrogens with one attached hydrogen (secondary N) is 4. The number of imide groups is 1. The van der Waals surface area contributed by atoms with Crippen molar-refractivity contribution in [3.8, 4) is 28.3 Å². The molecule has 3 fully saturated rings. The Morgan fingerprint density at radius 1 is 0.962 bits per heavy atom. The van der Waals surface area contributed by atoms with Crippen molar-refractivity contribution in [1.82, 2.24) is 41.4 Å². The summed E-state index contributed by atoms with van der Waals surface area (Å²) in [4.78, 5) is 47.0. The van der Waals surface area contributed by atoms with Crippen LogP contribution in [-0.4, -0.2) is 140 Å². The van der Waals surface area contributed by atoms with E-state index in [9.17, 15) is 20.0 Å². The summed E-state index contributed by atoms with van der Waals surface area (Å²) in [7, 11) is 0. The number of hydrogen-bond acceptors (Lipinski definition) is 19. The number of nitrogens with zero attached hydrogens (tertiary/aromatic N) is 7.